The molecular weight excluding hydrogens is 414 g/mol. The highest BCUT2D eigenvalue weighted by Gasteiger charge is 2.20. The number of aryl methyl sites for hydroxylation is 1. The van der Waals surface area contributed by atoms with Crippen molar-refractivity contribution in [3.05, 3.63) is 83.7 Å². The van der Waals surface area contributed by atoms with E-state index in [1.807, 2.05) is 55.5 Å². The number of nitrogens with zero attached hydrogens (tertiary/aromatic N) is 2. The van der Waals surface area contributed by atoms with Gasteiger partial charge in [-0.05, 0) is 73.7 Å². The molecule has 0 spiro atoms. The molecule has 0 saturated carbocycles. The maximum Gasteiger partial charge on any atom is 0.323 e. The summed E-state index contributed by atoms with van der Waals surface area (Å²) in [4.78, 5) is 32.0. The predicted molar refractivity (Wildman–Crippen MR) is 132 cm³/mol. The van der Waals surface area contributed by atoms with E-state index < -0.39 is 0 Å². The number of hydrogen-bond donors (Lipinski definition) is 3. The molecule has 1 saturated heterocycles. The van der Waals surface area contributed by atoms with E-state index in [9.17, 15) is 9.59 Å². The first-order valence-electron chi connectivity index (χ1n) is 11.3. The Morgan fingerprint density at radius 1 is 0.939 bits per heavy atom. The van der Waals surface area contributed by atoms with Gasteiger partial charge < -0.3 is 20.9 Å². The fourth-order valence-corrected chi connectivity index (χ4v) is 4.00. The summed E-state index contributed by atoms with van der Waals surface area (Å²) in [6, 6.07) is 16.5. The van der Waals surface area contributed by atoms with Crippen molar-refractivity contribution in [3.8, 4) is 0 Å². The molecule has 2 aromatic carbocycles. The second-order valence-electron chi connectivity index (χ2n) is 8.27. The van der Waals surface area contributed by atoms with Crippen molar-refractivity contribution in [2.45, 2.75) is 32.7 Å². The van der Waals surface area contributed by atoms with Gasteiger partial charge in [0.2, 0.25) is 0 Å². The molecule has 33 heavy (non-hydrogen) atoms. The van der Waals surface area contributed by atoms with Crippen LogP contribution in [0.15, 0.2) is 67.0 Å². The fraction of sp³-hybridized carbons (Fsp3) is 0.269. The summed E-state index contributed by atoms with van der Waals surface area (Å²) in [6.07, 6.45) is 6.86. The molecule has 170 valence electrons. The molecule has 1 aliphatic heterocycles. The summed E-state index contributed by atoms with van der Waals surface area (Å²) >= 11 is 0. The van der Waals surface area contributed by atoms with Crippen molar-refractivity contribution in [2.75, 3.05) is 28.6 Å². The lowest BCUT2D eigenvalue weighted by molar-refractivity contribution is 0.0951. The molecule has 1 aromatic heterocycles. The number of carbonyl (C=O) groups excluding carboxylic acids is 2. The number of anilines is 3. The van der Waals surface area contributed by atoms with Gasteiger partial charge in [0.1, 0.15) is 0 Å². The van der Waals surface area contributed by atoms with Gasteiger partial charge in [0.15, 0.2) is 0 Å². The summed E-state index contributed by atoms with van der Waals surface area (Å²) in [5.74, 6) is -0.179. The van der Waals surface area contributed by atoms with Gasteiger partial charge >= 0.3 is 6.03 Å². The van der Waals surface area contributed by atoms with E-state index in [4.69, 9.17) is 0 Å². The minimum atomic E-state index is -0.354. The first-order chi connectivity index (χ1) is 16.1. The Morgan fingerprint density at radius 3 is 2.45 bits per heavy atom. The van der Waals surface area contributed by atoms with Crippen LogP contribution in [0.25, 0.3) is 0 Å². The highest BCUT2D eigenvalue weighted by Crippen LogP contribution is 2.27. The third-order valence-electron chi connectivity index (χ3n) is 5.65. The third-order valence-corrected chi connectivity index (χ3v) is 5.65. The predicted octanol–water partition coefficient (Wildman–Crippen LogP) is 4.95. The smallest absolute Gasteiger partial charge is 0.323 e. The van der Waals surface area contributed by atoms with Crippen molar-refractivity contribution in [1.29, 1.82) is 0 Å². The number of piperidine rings is 1. The number of urea groups is 1. The Hall–Kier alpha value is -3.87. The highest BCUT2D eigenvalue weighted by atomic mass is 16.2. The summed E-state index contributed by atoms with van der Waals surface area (Å²) in [5.41, 5.74) is 4.71. The number of benzene rings is 2. The molecule has 4 rings (SSSR count). The van der Waals surface area contributed by atoms with Crippen molar-refractivity contribution in [3.63, 3.8) is 0 Å². The maximum absolute atomic E-state index is 13.2. The number of carbonyl (C=O) groups is 2. The molecule has 0 aliphatic carbocycles. The van der Waals surface area contributed by atoms with Gasteiger partial charge in [0, 0.05) is 49.1 Å². The lowest BCUT2D eigenvalue weighted by atomic mass is 10.1. The van der Waals surface area contributed by atoms with E-state index in [0.29, 0.717) is 23.5 Å². The number of pyridine rings is 1. The minimum Gasteiger partial charge on any atom is -0.371 e. The standard InChI is InChI=1S/C26H29N5O2/c1-19-7-5-9-21(15-19)29-26(33)30-22-10-11-24(31-13-3-2-4-14-31)23(16-22)25(32)28-18-20-8-6-12-27-17-20/h5-12,15-17H,2-4,13-14,18H2,1H3,(H,28,32)(H2,29,30,33). The Kier molecular flexibility index (Phi) is 7.19. The highest BCUT2D eigenvalue weighted by molar-refractivity contribution is 6.04. The zero-order chi connectivity index (χ0) is 23.0. The minimum absolute atomic E-state index is 0.179. The second-order valence-corrected chi connectivity index (χ2v) is 8.27. The average Bonchev–Trinajstić information content (AvgIpc) is 2.83. The van der Waals surface area contributed by atoms with Gasteiger partial charge in [-0.25, -0.2) is 4.79 Å². The van der Waals surface area contributed by atoms with E-state index in [-0.39, 0.29) is 11.9 Å². The van der Waals surface area contributed by atoms with E-state index in [1.54, 1.807) is 18.5 Å². The van der Waals surface area contributed by atoms with E-state index in [2.05, 4.69) is 25.8 Å². The normalized spacial score (nSPS) is 13.3. The summed E-state index contributed by atoms with van der Waals surface area (Å²) in [5, 5.41) is 8.67. The number of amides is 3. The number of rotatable bonds is 6. The average molecular weight is 444 g/mol. The first-order valence-corrected chi connectivity index (χ1v) is 11.3. The Labute approximate surface area is 194 Å². The van der Waals surface area contributed by atoms with Crippen LogP contribution in [0.3, 0.4) is 0 Å². The van der Waals surface area contributed by atoms with Crippen LogP contribution in [0, 0.1) is 6.92 Å². The zero-order valence-electron chi connectivity index (χ0n) is 18.8. The lowest BCUT2D eigenvalue weighted by Gasteiger charge is -2.30. The number of aromatic nitrogens is 1. The molecule has 3 N–H and O–H groups in total. The molecule has 0 radical (unpaired) electrons. The van der Waals surface area contributed by atoms with Gasteiger partial charge in [-0.15, -0.1) is 0 Å². The van der Waals surface area contributed by atoms with Gasteiger partial charge in [-0.2, -0.15) is 0 Å². The van der Waals surface area contributed by atoms with Crippen LogP contribution in [-0.2, 0) is 6.54 Å². The lowest BCUT2D eigenvalue weighted by Crippen LogP contribution is -2.33. The third kappa shape index (κ3) is 6.10. The molecule has 0 bridgehead atoms. The molecule has 1 aliphatic rings. The van der Waals surface area contributed by atoms with Crippen LogP contribution in [0.1, 0.15) is 40.7 Å². The SMILES string of the molecule is Cc1cccc(NC(=O)Nc2ccc(N3CCCCC3)c(C(=O)NCc3cccnc3)c2)c1. The fourth-order valence-electron chi connectivity index (χ4n) is 4.00. The Morgan fingerprint density at radius 2 is 1.73 bits per heavy atom. The molecule has 2 heterocycles. The van der Waals surface area contributed by atoms with Gasteiger partial charge in [-0.3, -0.25) is 9.78 Å². The summed E-state index contributed by atoms with van der Waals surface area (Å²) in [6.45, 7) is 4.20. The molecule has 1 fully saturated rings. The van der Waals surface area contributed by atoms with Crippen molar-refractivity contribution < 1.29 is 9.59 Å². The Balaban J connectivity index is 1.51. The Bertz CT molecular complexity index is 1110. The van der Waals surface area contributed by atoms with Crippen LogP contribution in [-0.4, -0.2) is 30.0 Å². The number of hydrogen-bond acceptors (Lipinski definition) is 4. The van der Waals surface area contributed by atoms with Crippen molar-refractivity contribution in [2.24, 2.45) is 0 Å². The summed E-state index contributed by atoms with van der Waals surface area (Å²) < 4.78 is 0. The maximum atomic E-state index is 13.2. The molecule has 3 amide bonds. The zero-order valence-corrected chi connectivity index (χ0v) is 18.8. The topological polar surface area (TPSA) is 86.4 Å². The monoisotopic (exact) mass is 443 g/mol. The van der Waals surface area contributed by atoms with E-state index in [1.165, 1.54) is 6.42 Å². The second kappa shape index (κ2) is 10.6. The quantitative estimate of drug-likeness (QED) is 0.503. The van der Waals surface area contributed by atoms with Crippen LogP contribution < -0.4 is 20.9 Å². The van der Waals surface area contributed by atoms with Gasteiger partial charge in [0.25, 0.3) is 5.91 Å². The molecular formula is C26H29N5O2. The van der Waals surface area contributed by atoms with E-state index >= 15 is 0 Å². The van der Waals surface area contributed by atoms with E-state index in [0.717, 1.165) is 42.7 Å². The van der Waals surface area contributed by atoms with Gasteiger partial charge in [-0.1, -0.05) is 18.2 Å². The molecule has 7 heteroatoms. The van der Waals surface area contributed by atoms with Crippen LogP contribution in [0.4, 0.5) is 21.9 Å². The van der Waals surface area contributed by atoms with Crippen LogP contribution in [0.5, 0.6) is 0 Å². The van der Waals surface area contributed by atoms with Crippen molar-refractivity contribution >= 4 is 29.0 Å². The molecule has 0 unspecified atom stereocenters. The first kappa shape index (κ1) is 22.3. The molecule has 3 aromatic rings. The molecule has 0 atom stereocenters. The number of nitrogens with one attached hydrogen (secondary N) is 3. The van der Waals surface area contributed by atoms with Crippen molar-refractivity contribution in [1.82, 2.24) is 10.3 Å². The van der Waals surface area contributed by atoms with Crippen LogP contribution in [0.2, 0.25) is 0 Å². The van der Waals surface area contributed by atoms with Crippen LogP contribution >= 0.6 is 0 Å². The summed E-state index contributed by atoms with van der Waals surface area (Å²) in [7, 11) is 0. The van der Waals surface area contributed by atoms with Gasteiger partial charge in [0.05, 0.1) is 5.56 Å². The largest absolute Gasteiger partial charge is 0.371 e. The molecule has 7 nitrogen and oxygen atoms in total.